The van der Waals surface area contributed by atoms with E-state index in [2.05, 4.69) is 4.90 Å². The van der Waals surface area contributed by atoms with Gasteiger partial charge in [-0.2, -0.15) is 0 Å². The van der Waals surface area contributed by atoms with Crippen LogP contribution in [0.5, 0.6) is 0 Å². The topological polar surface area (TPSA) is 49.6 Å². The van der Waals surface area contributed by atoms with Crippen LogP contribution in [0.4, 0.5) is 5.69 Å². The minimum atomic E-state index is 0. The Kier molecular flexibility index (Phi) is 5.48. The molecule has 116 valence electrons. The van der Waals surface area contributed by atoms with E-state index in [1.165, 1.54) is 25.7 Å². The summed E-state index contributed by atoms with van der Waals surface area (Å²) in [5, 5.41) is 0. The molecule has 2 fully saturated rings. The Bertz CT molecular complexity index is 463. The monoisotopic (exact) mass is 309 g/mol. The van der Waals surface area contributed by atoms with Crippen LogP contribution in [-0.4, -0.2) is 47.9 Å². The molecule has 0 unspecified atom stereocenters. The van der Waals surface area contributed by atoms with Gasteiger partial charge in [-0.3, -0.25) is 9.69 Å². The molecule has 1 aliphatic carbocycles. The molecule has 2 N–H and O–H groups in total. The van der Waals surface area contributed by atoms with Crippen molar-refractivity contribution >= 4 is 24.0 Å². The minimum absolute atomic E-state index is 0. The van der Waals surface area contributed by atoms with Gasteiger partial charge in [0.1, 0.15) is 0 Å². The van der Waals surface area contributed by atoms with Crippen molar-refractivity contribution in [3.05, 3.63) is 29.8 Å². The van der Waals surface area contributed by atoms with E-state index in [9.17, 15) is 4.79 Å². The van der Waals surface area contributed by atoms with E-state index >= 15 is 0 Å². The van der Waals surface area contributed by atoms with E-state index in [1.807, 2.05) is 17.0 Å². The van der Waals surface area contributed by atoms with Gasteiger partial charge < -0.3 is 10.6 Å². The molecule has 5 heteroatoms. The molecule has 0 aromatic heterocycles. The second-order valence-electron chi connectivity index (χ2n) is 5.89. The number of nitrogen functional groups attached to an aromatic ring is 1. The van der Waals surface area contributed by atoms with Gasteiger partial charge in [-0.05, 0) is 37.1 Å². The Hall–Kier alpha value is -1.26. The second kappa shape index (κ2) is 7.14. The molecule has 1 amide bonds. The Morgan fingerprint density at radius 3 is 2.14 bits per heavy atom. The second-order valence-corrected chi connectivity index (χ2v) is 5.89. The number of benzene rings is 1. The van der Waals surface area contributed by atoms with Crippen molar-refractivity contribution in [3.63, 3.8) is 0 Å². The van der Waals surface area contributed by atoms with Crippen LogP contribution < -0.4 is 5.73 Å². The zero-order chi connectivity index (χ0) is 13.9. The van der Waals surface area contributed by atoms with E-state index in [4.69, 9.17) is 5.73 Å². The van der Waals surface area contributed by atoms with E-state index in [0.717, 1.165) is 37.8 Å². The number of rotatable bonds is 2. The summed E-state index contributed by atoms with van der Waals surface area (Å²) < 4.78 is 0. The van der Waals surface area contributed by atoms with Crippen molar-refractivity contribution in [1.82, 2.24) is 9.80 Å². The molecule has 1 saturated heterocycles. The molecular weight excluding hydrogens is 286 g/mol. The third-order valence-electron chi connectivity index (χ3n) is 4.60. The van der Waals surface area contributed by atoms with Gasteiger partial charge in [0, 0.05) is 43.5 Å². The highest BCUT2D eigenvalue weighted by molar-refractivity contribution is 5.94. The molecule has 0 radical (unpaired) electrons. The lowest BCUT2D eigenvalue weighted by molar-refractivity contribution is 0.0573. The zero-order valence-electron chi connectivity index (χ0n) is 12.3. The molecule has 2 aliphatic rings. The zero-order valence-corrected chi connectivity index (χ0v) is 13.1. The molecule has 1 aliphatic heterocycles. The summed E-state index contributed by atoms with van der Waals surface area (Å²) in [5.74, 6) is 0.135. The predicted octanol–water partition coefficient (Wildman–Crippen LogP) is 2.39. The average Bonchev–Trinajstić information content (AvgIpc) is 3.02. The number of anilines is 1. The van der Waals surface area contributed by atoms with Crippen LogP contribution >= 0.6 is 12.4 Å². The average molecular weight is 310 g/mol. The van der Waals surface area contributed by atoms with Crippen molar-refractivity contribution in [2.75, 3.05) is 31.9 Å². The lowest BCUT2D eigenvalue weighted by Gasteiger charge is -2.38. The first-order chi connectivity index (χ1) is 9.74. The Morgan fingerprint density at radius 1 is 1.00 bits per heavy atom. The van der Waals surface area contributed by atoms with Gasteiger partial charge in [0.15, 0.2) is 0 Å². The molecule has 0 atom stereocenters. The lowest BCUT2D eigenvalue weighted by atomic mass is 10.1. The molecule has 1 aromatic carbocycles. The number of amides is 1. The minimum Gasteiger partial charge on any atom is -0.399 e. The fraction of sp³-hybridized carbons (Fsp3) is 0.562. The maximum Gasteiger partial charge on any atom is 0.253 e. The quantitative estimate of drug-likeness (QED) is 0.853. The van der Waals surface area contributed by atoms with E-state index in [1.54, 1.807) is 12.1 Å². The third-order valence-corrected chi connectivity index (χ3v) is 4.60. The Balaban J connectivity index is 0.00000161. The summed E-state index contributed by atoms with van der Waals surface area (Å²) in [6.07, 6.45) is 5.42. The molecule has 1 aromatic rings. The smallest absolute Gasteiger partial charge is 0.253 e. The van der Waals surface area contributed by atoms with Gasteiger partial charge in [0.25, 0.3) is 5.91 Å². The van der Waals surface area contributed by atoms with Crippen LogP contribution in [0.25, 0.3) is 0 Å². The summed E-state index contributed by atoms with van der Waals surface area (Å²) in [6, 6.07) is 8.00. The summed E-state index contributed by atoms with van der Waals surface area (Å²) in [5.41, 5.74) is 7.11. The SMILES string of the molecule is Cl.Nc1ccc(C(=O)N2CCN(C3CCCC3)CC2)cc1. The summed E-state index contributed by atoms with van der Waals surface area (Å²) in [4.78, 5) is 16.9. The first-order valence-corrected chi connectivity index (χ1v) is 7.63. The van der Waals surface area contributed by atoms with Crippen LogP contribution in [0.3, 0.4) is 0 Å². The van der Waals surface area contributed by atoms with Crippen LogP contribution in [0.1, 0.15) is 36.0 Å². The number of carbonyl (C=O) groups is 1. The largest absolute Gasteiger partial charge is 0.399 e. The maximum absolute atomic E-state index is 12.4. The summed E-state index contributed by atoms with van der Waals surface area (Å²) in [7, 11) is 0. The Labute approximate surface area is 132 Å². The normalized spacial score (nSPS) is 20.3. The molecule has 0 bridgehead atoms. The van der Waals surface area contributed by atoms with Crippen LogP contribution in [0.15, 0.2) is 24.3 Å². The van der Waals surface area contributed by atoms with Crippen molar-refractivity contribution in [1.29, 1.82) is 0 Å². The molecular formula is C16H24ClN3O. The maximum atomic E-state index is 12.4. The highest BCUT2D eigenvalue weighted by Gasteiger charge is 2.28. The highest BCUT2D eigenvalue weighted by Crippen LogP contribution is 2.24. The van der Waals surface area contributed by atoms with Gasteiger partial charge in [-0.15, -0.1) is 12.4 Å². The van der Waals surface area contributed by atoms with E-state index < -0.39 is 0 Å². The third kappa shape index (κ3) is 3.69. The Morgan fingerprint density at radius 2 is 1.57 bits per heavy atom. The number of hydrogen-bond donors (Lipinski definition) is 1. The molecule has 3 rings (SSSR count). The van der Waals surface area contributed by atoms with Crippen LogP contribution in [-0.2, 0) is 0 Å². The van der Waals surface area contributed by atoms with Crippen molar-refractivity contribution < 1.29 is 4.79 Å². The number of hydrogen-bond acceptors (Lipinski definition) is 3. The fourth-order valence-corrected chi connectivity index (χ4v) is 3.37. The summed E-state index contributed by atoms with van der Waals surface area (Å²) >= 11 is 0. The summed E-state index contributed by atoms with van der Waals surface area (Å²) in [6.45, 7) is 3.73. The fourth-order valence-electron chi connectivity index (χ4n) is 3.37. The van der Waals surface area contributed by atoms with E-state index in [0.29, 0.717) is 5.69 Å². The molecule has 4 nitrogen and oxygen atoms in total. The van der Waals surface area contributed by atoms with Gasteiger partial charge in [0.05, 0.1) is 0 Å². The number of carbonyl (C=O) groups excluding carboxylic acids is 1. The van der Waals surface area contributed by atoms with Crippen LogP contribution in [0.2, 0.25) is 0 Å². The van der Waals surface area contributed by atoms with Gasteiger partial charge in [-0.1, -0.05) is 12.8 Å². The highest BCUT2D eigenvalue weighted by atomic mass is 35.5. The molecule has 0 spiro atoms. The first-order valence-electron chi connectivity index (χ1n) is 7.63. The van der Waals surface area contributed by atoms with Gasteiger partial charge >= 0.3 is 0 Å². The van der Waals surface area contributed by atoms with Crippen molar-refractivity contribution in [2.45, 2.75) is 31.7 Å². The lowest BCUT2D eigenvalue weighted by Crippen LogP contribution is -2.51. The van der Waals surface area contributed by atoms with Crippen LogP contribution in [0, 0.1) is 0 Å². The number of nitrogens with zero attached hydrogens (tertiary/aromatic N) is 2. The van der Waals surface area contributed by atoms with Crippen molar-refractivity contribution in [2.24, 2.45) is 0 Å². The van der Waals surface area contributed by atoms with Crippen molar-refractivity contribution in [3.8, 4) is 0 Å². The number of nitrogens with two attached hydrogens (primary N) is 1. The molecule has 1 saturated carbocycles. The number of halogens is 1. The first kappa shape index (κ1) is 16.1. The van der Waals surface area contributed by atoms with Gasteiger partial charge in [-0.25, -0.2) is 0 Å². The molecule has 21 heavy (non-hydrogen) atoms. The van der Waals surface area contributed by atoms with Gasteiger partial charge in [0.2, 0.25) is 0 Å². The number of piperazine rings is 1. The van der Waals surface area contributed by atoms with E-state index in [-0.39, 0.29) is 18.3 Å². The standard InChI is InChI=1S/C16H23N3O.ClH/c17-14-7-5-13(6-8-14)16(20)19-11-9-18(10-12-19)15-3-1-2-4-15;/h5-8,15H,1-4,9-12,17H2;1H. The molecule has 1 heterocycles. The predicted molar refractivity (Wildman–Crippen MR) is 87.8 cm³/mol.